The average molecular weight is 302 g/mol. The van der Waals surface area contributed by atoms with Crippen molar-refractivity contribution in [1.82, 2.24) is 0 Å². The molecule has 3 heteroatoms. The monoisotopic (exact) mass is 301 g/mol. The summed E-state index contributed by atoms with van der Waals surface area (Å²) in [5.74, 6) is 0.775. The molecule has 1 aliphatic carbocycles. The lowest BCUT2D eigenvalue weighted by molar-refractivity contribution is 0.147. The quantitative estimate of drug-likeness (QED) is 0.895. The standard InChI is InChI=1S/C18H20ClNO/c19-17-12-14(13-4-2-1-3-5-13)6-11-18(17)21-16-9-7-15(20)8-10-16/h1-6,11-12,15-16H,7-10,20H2. The molecule has 0 bridgehead atoms. The SMILES string of the molecule is NC1CCC(Oc2ccc(-c3ccccc3)cc2Cl)CC1. The Balaban J connectivity index is 1.73. The molecule has 1 fully saturated rings. The lowest BCUT2D eigenvalue weighted by Crippen LogP contribution is -2.31. The molecule has 0 aliphatic heterocycles. The summed E-state index contributed by atoms with van der Waals surface area (Å²) in [6.07, 6.45) is 4.33. The van der Waals surface area contributed by atoms with Crippen LogP contribution < -0.4 is 10.5 Å². The van der Waals surface area contributed by atoms with Gasteiger partial charge in [-0.1, -0.05) is 48.0 Å². The van der Waals surface area contributed by atoms with Crippen LogP contribution in [-0.2, 0) is 0 Å². The van der Waals surface area contributed by atoms with E-state index in [0.717, 1.165) is 42.6 Å². The van der Waals surface area contributed by atoms with Crippen molar-refractivity contribution in [3.63, 3.8) is 0 Å². The van der Waals surface area contributed by atoms with E-state index in [9.17, 15) is 0 Å². The highest BCUT2D eigenvalue weighted by atomic mass is 35.5. The van der Waals surface area contributed by atoms with Crippen LogP contribution in [0.5, 0.6) is 5.75 Å². The zero-order valence-electron chi connectivity index (χ0n) is 12.0. The van der Waals surface area contributed by atoms with Gasteiger partial charge in [-0.25, -0.2) is 0 Å². The van der Waals surface area contributed by atoms with E-state index in [4.69, 9.17) is 22.1 Å². The van der Waals surface area contributed by atoms with E-state index in [-0.39, 0.29) is 6.10 Å². The first kappa shape index (κ1) is 14.4. The van der Waals surface area contributed by atoms with Gasteiger partial charge in [0.05, 0.1) is 11.1 Å². The summed E-state index contributed by atoms with van der Waals surface area (Å²) >= 11 is 6.38. The number of rotatable bonds is 3. The van der Waals surface area contributed by atoms with Crippen molar-refractivity contribution in [3.05, 3.63) is 53.6 Å². The van der Waals surface area contributed by atoms with Crippen LogP contribution >= 0.6 is 11.6 Å². The Bertz CT molecular complexity index is 591. The second kappa shape index (κ2) is 6.50. The van der Waals surface area contributed by atoms with Gasteiger partial charge in [0.25, 0.3) is 0 Å². The molecule has 110 valence electrons. The maximum absolute atomic E-state index is 6.38. The maximum atomic E-state index is 6.38. The molecule has 2 nitrogen and oxygen atoms in total. The van der Waals surface area contributed by atoms with Crippen LogP contribution in [0.2, 0.25) is 5.02 Å². The van der Waals surface area contributed by atoms with Gasteiger partial charge in [0.1, 0.15) is 5.75 Å². The lowest BCUT2D eigenvalue weighted by atomic mass is 9.94. The van der Waals surface area contributed by atoms with Gasteiger partial charge in [0.2, 0.25) is 0 Å². The fourth-order valence-electron chi connectivity index (χ4n) is 2.79. The van der Waals surface area contributed by atoms with E-state index in [1.807, 2.05) is 30.3 Å². The molecule has 0 radical (unpaired) electrons. The molecule has 0 aromatic heterocycles. The average Bonchev–Trinajstić information content (AvgIpc) is 2.52. The lowest BCUT2D eigenvalue weighted by Gasteiger charge is -2.27. The summed E-state index contributed by atoms with van der Waals surface area (Å²) in [6.45, 7) is 0. The van der Waals surface area contributed by atoms with Gasteiger partial charge < -0.3 is 10.5 Å². The summed E-state index contributed by atoms with van der Waals surface area (Å²) in [7, 11) is 0. The Kier molecular flexibility index (Phi) is 4.47. The second-order valence-electron chi connectivity index (χ2n) is 5.67. The molecule has 0 unspecified atom stereocenters. The Hall–Kier alpha value is -1.51. The van der Waals surface area contributed by atoms with Crippen molar-refractivity contribution in [2.45, 2.75) is 37.8 Å². The van der Waals surface area contributed by atoms with Gasteiger partial charge in [0.15, 0.2) is 0 Å². The zero-order chi connectivity index (χ0) is 14.7. The zero-order valence-corrected chi connectivity index (χ0v) is 12.7. The molecule has 0 saturated heterocycles. The minimum atomic E-state index is 0.241. The smallest absolute Gasteiger partial charge is 0.138 e. The Morgan fingerprint density at radius 3 is 2.29 bits per heavy atom. The van der Waals surface area contributed by atoms with E-state index < -0.39 is 0 Å². The van der Waals surface area contributed by atoms with Crippen LogP contribution in [0.25, 0.3) is 11.1 Å². The van der Waals surface area contributed by atoms with E-state index in [1.54, 1.807) is 0 Å². The second-order valence-corrected chi connectivity index (χ2v) is 6.07. The number of halogens is 1. The van der Waals surface area contributed by atoms with Gasteiger partial charge >= 0.3 is 0 Å². The topological polar surface area (TPSA) is 35.2 Å². The molecule has 0 heterocycles. The molecule has 3 rings (SSSR count). The van der Waals surface area contributed by atoms with E-state index in [0.29, 0.717) is 11.1 Å². The first-order valence-electron chi connectivity index (χ1n) is 7.49. The van der Waals surface area contributed by atoms with Crippen LogP contribution in [0.3, 0.4) is 0 Å². The minimum Gasteiger partial charge on any atom is -0.489 e. The highest BCUT2D eigenvalue weighted by Gasteiger charge is 2.20. The van der Waals surface area contributed by atoms with Gasteiger partial charge in [0, 0.05) is 6.04 Å². The number of hydrogen-bond donors (Lipinski definition) is 1. The molecule has 2 N–H and O–H groups in total. The summed E-state index contributed by atoms with van der Waals surface area (Å²) in [5, 5.41) is 0.672. The molecule has 2 aromatic rings. The third kappa shape index (κ3) is 3.58. The summed E-state index contributed by atoms with van der Waals surface area (Å²) in [5.41, 5.74) is 8.19. The van der Waals surface area contributed by atoms with Crippen LogP contribution in [0, 0.1) is 0 Å². The number of ether oxygens (including phenoxy) is 1. The molecule has 21 heavy (non-hydrogen) atoms. The molecular weight excluding hydrogens is 282 g/mol. The van der Waals surface area contributed by atoms with Crippen LogP contribution in [0.15, 0.2) is 48.5 Å². The maximum Gasteiger partial charge on any atom is 0.138 e. The van der Waals surface area contributed by atoms with Crippen LogP contribution in [-0.4, -0.2) is 12.1 Å². The molecule has 0 spiro atoms. The van der Waals surface area contributed by atoms with Gasteiger partial charge in [-0.3, -0.25) is 0 Å². The number of hydrogen-bond acceptors (Lipinski definition) is 2. The van der Waals surface area contributed by atoms with Crippen molar-refractivity contribution >= 4 is 11.6 Å². The van der Waals surface area contributed by atoms with Crippen LogP contribution in [0.4, 0.5) is 0 Å². The van der Waals surface area contributed by atoms with E-state index in [2.05, 4.69) is 18.2 Å². The van der Waals surface area contributed by atoms with E-state index >= 15 is 0 Å². The number of benzene rings is 2. The molecule has 1 saturated carbocycles. The van der Waals surface area contributed by atoms with Gasteiger partial charge in [-0.05, 0) is 48.9 Å². The summed E-state index contributed by atoms with van der Waals surface area (Å²) in [6, 6.07) is 16.6. The fraction of sp³-hybridized carbons (Fsp3) is 0.333. The highest BCUT2D eigenvalue weighted by molar-refractivity contribution is 6.32. The minimum absolute atomic E-state index is 0.241. The molecule has 0 atom stereocenters. The van der Waals surface area contributed by atoms with Crippen molar-refractivity contribution in [2.24, 2.45) is 5.73 Å². The Morgan fingerprint density at radius 2 is 1.62 bits per heavy atom. The van der Waals surface area contributed by atoms with Crippen molar-refractivity contribution in [2.75, 3.05) is 0 Å². The first-order chi connectivity index (χ1) is 10.2. The third-order valence-corrected chi connectivity index (χ3v) is 4.35. The molecule has 2 aromatic carbocycles. The predicted octanol–water partition coefficient (Wildman–Crippen LogP) is 4.66. The van der Waals surface area contributed by atoms with Crippen molar-refractivity contribution in [3.8, 4) is 16.9 Å². The summed E-state index contributed by atoms with van der Waals surface area (Å²) in [4.78, 5) is 0. The van der Waals surface area contributed by atoms with Gasteiger partial charge in [-0.2, -0.15) is 0 Å². The fourth-order valence-corrected chi connectivity index (χ4v) is 3.02. The van der Waals surface area contributed by atoms with Gasteiger partial charge in [-0.15, -0.1) is 0 Å². The number of nitrogens with two attached hydrogens (primary N) is 1. The normalized spacial score (nSPS) is 22.0. The van der Waals surface area contributed by atoms with Crippen molar-refractivity contribution in [1.29, 1.82) is 0 Å². The predicted molar refractivity (Wildman–Crippen MR) is 87.7 cm³/mol. The molecule has 1 aliphatic rings. The van der Waals surface area contributed by atoms with Crippen molar-refractivity contribution < 1.29 is 4.74 Å². The molecule has 0 amide bonds. The highest BCUT2D eigenvalue weighted by Crippen LogP contribution is 2.32. The Labute approximate surface area is 130 Å². The van der Waals surface area contributed by atoms with E-state index in [1.165, 1.54) is 0 Å². The first-order valence-corrected chi connectivity index (χ1v) is 7.87. The third-order valence-electron chi connectivity index (χ3n) is 4.05. The van der Waals surface area contributed by atoms with Crippen LogP contribution in [0.1, 0.15) is 25.7 Å². The largest absolute Gasteiger partial charge is 0.489 e. The summed E-state index contributed by atoms with van der Waals surface area (Å²) < 4.78 is 6.04. The molecular formula is C18H20ClNO. The Morgan fingerprint density at radius 1 is 0.905 bits per heavy atom.